The summed E-state index contributed by atoms with van der Waals surface area (Å²) in [7, 11) is 0. The molecule has 0 heterocycles. The molecule has 0 aromatic heterocycles. The van der Waals surface area contributed by atoms with Crippen molar-refractivity contribution in [3.63, 3.8) is 0 Å². The molecule has 126 valence electrons. The van der Waals surface area contributed by atoms with E-state index in [9.17, 15) is 4.79 Å². The van der Waals surface area contributed by atoms with Crippen LogP contribution >= 0.6 is 0 Å². The second-order valence-electron chi connectivity index (χ2n) is 6.48. The van der Waals surface area contributed by atoms with Crippen molar-refractivity contribution >= 4 is 5.97 Å². The Bertz CT molecular complexity index is 226. The highest BCUT2D eigenvalue weighted by molar-refractivity contribution is 5.69. The molecule has 0 aliphatic rings. The van der Waals surface area contributed by atoms with Crippen LogP contribution in [-0.4, -0.2) is 12.6 Å². The van der Waals surface area contributed by atoms with Gasteiger partial charge < -0.3 is 4.74 Å². The van der Waals surface area contributed by atoms with Crippen LogP contribution in [0.3, 0.4) is 0 Å². The molecule has 0 rings (SSSR count). The monoisotopic (exact) mass is 298 g/mol. The zero-order valence-corrected chi connectivity index (χ0v) is 14.8. The van der Waals surface area contributed by atoms with E-state index in [0.717, 1.165) is 12.8 Å². The van der Waals surface area contributed by atoms with E-state index >= 15 is 0 Å². The Morgan fingerprint density at radius 1 is 0.810 bits per heavy atom. The van der Waals surface area contributed by atoms with E-state index < -0.39 is 0 Å². The van der Waals surface area contributed by atoms with Crippen molar-refractivity contribution in [1.29, 1.82) is 0 Å². The lowest BCUT2D eigenvalue weighted by atomic mass is 10.1. The molecule has 0 aliphatic heterocycles. The van der Waals surface area contributed by atoms with Gasteiger partial charge in [-0.2, -0.15) is 0 Å². The lowest BCUT2D eigenvalue weighted by Crippen LogP contribution is -2.11. The van der Waals surface area contributed by atoms with E-state index in [0.29, 0.717) is 18.9 Å². The summed E-state index contributed by atoms with van der Waals surface area (Å²) in [5.74, 6) is 0.484. The molecule has 0 aromatic rings. The Morgan fingerprint density at radius 3 is 1.76 bits per heavy atom. The molecule has 1 unspecified atom stereocenters. The summed E-state index contributed by atoms with van der Waals surface area (Å²) < 4.78 is 5.25. The van der Waals surface area contributed by atoms with Crippen LogP contribution in [-0.2, 0) is 9.53 Å². The minimum absolute atomic E-state index is 0.00813. The smallest absolute Gasteiger partial charge is 0.305 e. The third kappa shape index (κ3) is 15.7. The van der Waals surface area contributed by atoms with Gasteiger partial charge >= 0.3 is 5.97 Å². The fourth-order valence-electron chi connectivity index (χ4n) is 2.36. The second kappa shape index (κ2) is 15.9. The van der Waals surface area contributed by atoms with Gasteiger partial charge in [0.05, 0.1) is 6.61 Å². The standard InChI is InChI=1S/C19H38O2/c1-4-6-7-8-9-10-11-12-13-14-15-16-19(20)21-17-18(3)5-2/h18H,4-17H2,1-3H3. The van der Waals surface area contributed by atoms with E-state index in [4.69, 9.17) is 4.74 Å². The van der Waals surface area contributed by atoms with Gasteiger partial charge in [-0.25, -0.2) is 0 Å². The fraction of sp³-hybridized carbons (Fsp3) is 0.947. The number of carbonyl (C=O) groups excluding carboxylic acids is 1. The first kappa shape index (κ1) is 20.5. The third-order valence-electron chi connectivity index (χ3n) is 4.21. The first-order valence-electron chi connectivity index (χ1n) is 9.36. The maximum absolute atomic E-state index is 11.5. The molecule has 0 saturated heterocycles. The van der Waals surface area contributed by atoms with Crippen molar-refractivity contribution in [1.82, 2.24) is 0 Å². The molecule has 0 amide bonds. The molecule has 2 heteroatoms. The molecule has 0 N–H and O–H groups in total. The molecular weight excluding hydrogens is 260 g/mol. The van der Waals surface area contributed by atoms with Crippen LogP contribution in [0.4, 0.5) is 0 Å². The number of hydrogen-bond acceptors (Lipinski definition) is 2. The summed E-state index contributed by atoms with van der Waals surface area (Å²) in [5.41, 5.74) is 0. The second-order valence-corrected chi connectivity index (χ2v) is 6.48. The number of esters is 1. The molecule has 2 nitrogen and oxygen atoms in total. The molecule has 21 heavy (non-hydrogen) atoms. The summed E-state index contributed by atoms with van der Waals surface area (Å²) in [4.78, 5) is 11.5. The molecule has 0 bridgehead atoms. The minimum atomic E-state index is -0.00813. The van der Waals surface area contributed by atoms with E-state index in [-0.39, 0.29) is 5.97 Å². The van der Waals surface area contributed by atoms with Crippen LogP contribution in [0, 0.1) is 5.92 Å². The average molecular weight is 299 g/mol. The minimum Gasteiger partial charge on any atom is -0.465 e. The van der Waals surface area contributed by atoms with Crippen molar-refractivity contribution in [2.45, 2.75) is 104 Å². The number of unbranched alkanes of at least 4 members (excludes halogenated alkanes) is 10. The van der Waals surface area contributed by atoms with Crippen molar-refractivity contribution < 1.29 is 9.53 Å². The van der Waals surface area contributed by atoms with Gasteiger partial charge in [-0.05, 0) is 12.3 Å². The Balaban J connectivity index is 3.16. The van der Waals surface area contributed by atoms with Crippen molar-refractivity contribution in [2.24, 2.45) is 5.92 Å². The number of carbonyl (C=O) groups is 1. The summed E-state index contributed by atoms with van der Waals surface area (Å²) in [6.07, 6.45) is 16.2. The Labute approximate surface area is 133 Å². The fourth-order valence-corrected chi connectivity index (χ4v) is 2.36. The van der Waals surface area contributed by atoms with E-state index in [1.165, 1.54) is 64.2 Å². The molecule has 0 saturated carbocycles. The summed E-state index contributed by atoms with van der Waals surface area (Å²) in [6.45, 7) is 7.10. The van der Waals surface area contributed by atoms with Crippen molar-refractivity contribution in [3.8, 4) is 0 Å². The Kier molecular flexibility index (Phi) is 15.5. The number of rotatable bonds is 15. The molecular formula is C19H38O2. The zero-order valence-electron chi connectivity index (χ0n) is 14.8. The summed E-state index contributed by atoms with van der Waals surface area (Å²) in [5, 5.41) is 0. The lowest BCUT2D eigenvalue weighted by Gasteiger charge is -2.09. The Hall–Kier alpha value is -0.530. The van der Waals surface area contributed by atoms with Gasteiger partial charge in [0.2, 0.25) is 0 Å². The maximum atomic E-state index is 11.5. The van der Waals surface area contributed by atoms with E-state index in [1.807, 2.05) is 0 Å². The van der Waals surface area contributed by atoms with Gasteiger partial charge in [0.1, 0.15) is 0 Å². The first-order chi connectivity index (χ1) is 10.2. The molecule has 0 aromatic carbocycles. The third-order valence-corrected chi connectivity index (χ3v) is 4.21. The molecule has 0 fully saturated rings. The summed E-state index contributed by atoms with van der Waals surface area (Å²) in [6, 6.07) is 0. The quantitative estimate of drug-likeness (QED) is 0.263. The number of ether oxygens (including phenoxy) is 1. The predicted molar refractivity (Wildman–Crippen MR) is 91.5 cm³/mol. The predicted octanol–water partition coefficient (Wildman–Crippen LogP) is 6.28. The first-order valence-corrected chi connectivity index (χ1v) is 9.36. The lowest BCUT2D eigenvalue weighted by molar-refractivity contribution is -0.145. The van der Waals surface area contributed by atoms with Gasteiger partial charge in [0.25, 0.3) is 0 Å². The van der Waals surface area contributed by atoms with Gasteiger partial charge in [0.15, 0.2) is 0 Å². The normalized spacial score (nSPS) is 12.3. The van der Waals surface area contributed by atoms with Gasteiger partial charge in [-0.3, -0.25) is 4.79 Å². The van der Waals surface area contributed by atoms with E-state index in [2.05, 4.69) is 20.8 Å². The SMILES string of the molecule is CCCCCCCCCCCCCC(=O)OCC(C)CC. The van der Waals surface area contributed by atoms with Crippen molar-refractivity contribution in [2.75, 3.05) is 6.61 Å². The van der Waals surface area contributed by atoms with Crippen LogP contribution < -0.4 is 0 Å². The average Bonchev–Trinajstić information content (AvgIpc) is 2.50. The van der Waals surface area contributed by atoms with E-state index in [1.54, 1.807) is 0 Å². The van der Waals surface area contributed by atoms with Crippen LogP contribution in [0.1, 0.15) is 104 Å². The van der Waals surface area contributed by atoms with Gasteiger partial charge in [-0.1, -0.05) is 91.4 Å². The maximum Gasteiger partial charge on any atom is 0.305 e. The van der Waals surface area contributed by atoms with Gasteiger partial charge in [-0.15, -0.1) is 0 Å². The number of hydrogen-bond donors (Lipinski definition) is 0. The largest absolute Gasteiger partial charge is 0.465 e. The van der Waals surface area contributed by atoms with Gasteiger partial charge in [0, 0.05) is 6.42 Å². The highest BCUT2D eigenvalue weighted by Gasteiger charge is 2.05. The highest BCUT2D eigenvalue weighted by atomic mass is 16.5. The molecule has 0 radical (unpaired) electrons. The zero-order chi connectivity index (χ0) is 15.8. The molecule has 0 spiro atoms. The molecule has 1 atom stereocenters. The van der Waals surface area contributed by atoms with Crippen LogP contribution in [0.5, 0.6) is 0 Å². The molecule has 0 aliphatic carbocycles. The van der Waals surface area contributed by atoms with Crippen LogP contribution in [0.15, 0.2) is 0 Å². The topological polar surface area (TPSA) is 26.3 Å². The van der Waals surface area contributed by atoms with Crippen LogP contribution in [0.2, 0.25) is 0 Å². The van der Waals surface area contributed by atoms with Crippen molar-refractivity contribution in [3.05, 3.63) is 0 Å². The van der Waals surface area contributed by atoms with Crippen LogP contribution in [0.25, 0.3) is 0 Å². The Morgan fingerprint density at radius 2 is 1.29 bits per heavy atom. The highest BCUT2D eigenvalue weighted by Crippen LogP contribution is 2.12. The summed E-state index contributed by atoms with van der Waals surface area (Å²) >= 11 is 0.